The molecular weight excluding hydrogens is 374 g/mol. The second-order valence-corrected chi connectivity index (χ2v) is 8.32. The van der Waals surface area contributed by atoms with Crippen LogP contribution in [0.1, 0.15) is 36.7 Å². The van der Waals surface area contributed by atoms with Gasteiger partial charge in [-0.2, -0.15) is 0 Å². The largest absolute Gasteiger partial charge is 0.379 e. The van der Waals surface area contributed by atoms with E-state index in [0.29, 0.717) is 0 Å². The van der Waals surface area contributed by atoms with Crippen molar-refractivity contribution in [3.63, 3.8) is 0 Å². The monoisotopic (exact) mass is 405 g/mol. The number of ether oxygens (including phenoxy) is 1. The van der Waals surface area contributed by atoms with Gasteiger partial charge in [-0.15, -0.1) is 10.2 Å². The van der Waals surface area contributed by atoms with Crippen molar-refractivity contribution in [2.45, 2.75) is 50.0 Å². The van der Waals surface area contributed by atoms with Crippen molar-refractivity contribution in [2.75, 3.05) is 46.9 Å². The molecule has 154 valence electrons. The lowest BCUT2D eigenvalue weighted by Gasteiger charge is -2.28. The fourth-order valence-corrected chi connectivity index (χ4v) is 4.48. The van der Waals surface area contributed by atoms with Gasteiger partial charge in [0.2, 0.25) is 0 Å². The van der Waals surface area contributed by atoms with Gasteiger partial charge in [0, 0.05) is 31.9 Å². The SMILES string of the molecule is CC[C@H](c1nnc(Sc2cc(C)nc(C)n2)n1CCN1CCOCC1)N(C)C. The first-order valence-electron chi connectivity index (χ1n) is 9.87. The maximum atomic E-state index is 5.47. The number of morpholine rings is 1. The van der Waals surface area contributed by atoms with E-state index in [0.717, 1.165) is 73.3 Å². The second kappa shape index (κ2) is 9.78. The molecule has 1 fully saturated rings. The van der Waals surface area contributed by atoms with E-state index < -0.39 is 0 Å². The Labute approximate surface area is 171 Å². The van der Waals surface area contributed by atoms with Gasteiger partial charge in [0.25, 0.3) is 0 Å². The van der Waals surface area contributed by atoms with E-state index in [1.807, 2.05) is 19.9 Å². The average molecular weight is 406 g/mol. The summed E-state index contributed by atoms with van der Waals surface area (Å²) in [7, 11) is 4.19. The molecule has 0 aromatic carbocycles. The molecule has 1 atom stereocenters. The minimum absolute atomic E-state index is 0.236. The molecule has 0 spiro atoms. The van der Waals surface area contributed by atoms with Crippen LogP contribution in [-0.4, -0.2) is 81.5 Å². The number of rotatable bonds is 8. The highest BCUT2D eigenvalue weighted by Crippen LogP contribution is 2.29. The fraction of sp³-hybridized carbons (Fsp3) is 0.684. The number of nitrogens with zero attached hydrogens (tertiary/aromatic N) is 7. The highest BCUT2D eigenvalue weighted by atomic mass is 32.2. The van der Waals surface area contributed by atoms with E-state index in [1.165, 1.54) is 0 Å². The summed E-state index contributed by atoms with van der Waals surface area (Å²) in [4.78, 5) is 13.6. The van der Waals surface area contributed by atoms with Crippen molar-refractivity contribution in [1.29, 1.82) is 0 Å². The summed E-state index contributed by atoms with van der Waals surface area (Å²) in [5.41, 5.74) is 0.967. The summed E-state index contributed by atoms with van der Waals surface area (Å²) in [6.45, 7) is 11.5. The summed E-state index contributed by atoms with van der Waals surface area (Å²) in [6.07, 6.45) is 0.985. The minimum atomic E-state index is 0.236. The summed E-state index contributed by atoms with van der Waals surface area (Å²) in [6, 6.07) is 2.24. The van der Waals surface area contributed by atoms with Crippen molar-refractivity contribution < 1.29 is 4.74 Å². The molecule has 1 saturated heterocycles. The lowest BCUT2D eigenvalue weighted by molar-refractivity contribution is 0.0358. The van der Waals surface area contributed by atoms with Crippen molar-refractivity contribution in [2.24, 2.45) is 0 Å². The molecule has 9 heteroatoms. The summed E-state index contributed by atoms with van der Waals surface area (Å²) < 4.78 is 7.74. The highest BCUT2D eigenvalue weighted by Gasteiger charge is 2.23. The Hall–Kier alpha value is -1.55. The van der Waals surface area contributed by atoms with Crippen molar-refractivity contribution in [1.82, 2.24) is 34.5 Å². The van der Waals surface area contributed by atoms with Gasteiger partial charge < -0.3 is 9.30 Å². The number of hydrogen-bond donors (Lipinski definition) is 0. The molecule has 0 radical (unpaired) electrons. The lowest BCUT2D eigenvalue weighted by atomic mass is 10.2. The van der Waals surface area contributed by atoms with Gasteiger partial charge in [0.15, 0.2) is 11.0 Å². The second-order valence-electron chi connectivity index (χ2n) is 7.33. The third kappa shape index (κ3) is 5.28. The molecule has 0 bridgehead atoms. The van der Waals surface area contributed by atoms with Crippen LogP contribution in [-0.2, 0) is 11.3 Å². The molecule has 1 aliphatic heterocycles. The lowest BCUT2D eigenvalue weighted by Crippen LogP contribution is -2.38. The van der Waals surface area contributed by atoms with Crippen LogP contribution in [0.5, 0.6) is 0 Å². The van der Waals surface area contributed by atoms with Crippen LogP contribution in [0.3, 0.4) is 0 Å². The zero-order chi connectivity index (χ0) is 20.1. The van der Waals surface area contributed by atoms with Crippen LogP contribution in [0.15, 0.2) is 16.2 Å². The van der Waals surface area contributed by atoms with Crippen LogP contribution in [0, 0.1) is 13.8 Å². The number of aryl methyl sites for hydroxylation is 2. The van der Waals surface area contributed by atoms with E-state index in [9.17, 15) is 0 Å². The Morgan fingerprint density at radius 2 is 1.89 bits per heavy atom. The Bertz CT molecular complexity index is 753. The average Bonchev–Trinajstić information content (AvgIpc) is 3.02. The Kier molecular flexibility index (Phi) is 7.39. The summed E-state index contributed by atoms with van der Waals surface area (Å²) in [5, 5.41) is 10.9. The van der Waals surface area contributed by atoms with Crippen molar-refractivity contribution in [3.05, 3.63) is 23.4 Å². The maximum Gasteiger partial charge on any atom is 0.197 e. The number of hydrogen-bond acceptors (Lipinski definition) is 8. The van der Waals surface area contributed by atoms with Crippen LogP contribution in [0.4, 0.5) is 0 Å². The number of aromatic nitrogens is 5. The Balaban J connectivity index is 1.86. The quantitative estimate of drug-likeness (QED) is 0.619. The van der Waals surface area contributed by atoms with Gasteiger partial charge in [-0.25, -0.2) is 9.97 Å². The predicted molar refractivity (Wildman–Crippen MR) is 110 cm³/mol. The molecule has 0 unspecified atom stereocenters. The molecule has 0 N–H and O–H groups in total. The molecule has 2 aromatic rings. The Morgan fingerprint density at radius 3 is 2.54 bits per heavy atom. The first-order valence-corrected chi connectivity index (χ1v) is 10.7. The standard InChI is InChI=1S/C19H31N7OS/c1-6-16(24(4)5)18-22-23-19(28-17-13-14(2)20-15(3)21-17)26(18)8-7-25-9-11-27-12-10-25/h13,16H,6-12H2,1-5H3/t16-/m1/s1. The molecule has 3 rings (SSSR count). The summed E-state index contributed by atoms with van der Waals surface area (Å²) >= 11 is 1.57. The molecule has 0 saturated carbocycles. The van der Waals surface area contributed by atoms with Crippen LogP contribution in [0.2, 0.25) is 0 Å². The van der Waals surface area contributed by atoms with Gasteiger partial charge in [-0.1, -0.05) is 6.92 Å². The van der Waals surface area contributed by atoms with Gasteiger partial charge in [0.1, 0.15) is 10.9 Å². The summed E-state index contributed by atoms with van der Waals surface area (Å²) in [5.74, 6) is 1.80. The van der Waals surface area contributed by atoms with Gasteiger partial charge >= 0.3 is 0 Å². The highest BCUT2D eigenvalue weighted by molar-refractivity contribution is 7.99. The fourth-order valence-electron chi connectivity index (χ4n) is 3.51. The van der Waals surface area contributed by atoms with E-state index >= 15 is 0 Å². The molecule has 28 heavy (non-hydrogen) atoms. The Morgan fingerprint density at radius 1 is 1.14 bits per heavy atom. The first kappa shape index (κ1) is 21.2. The molecule has 0 aliphatic carbocycles. The topological polar surface area (TPSA) is 72.2 Å². The first-order chi connectivity index (χ1) is 13.5. The van der Waals surface area contributed by atoms with E-state index in [-0.39, 0.29) is 6.04 Å². The van der Waals surface area contributed by atoms with Crippen molar-refractivity contribution >= 4 is 11.8 Å². The zero-order valence-corrected chi connectivity index (χ0v) is 18.4. The molecule has 1 aliphatic rings. The molecule has 3 heterocycles. The zero-order valence-electron chi connectivity index (χ0n) is 17.6. The van der Waals surface area contributed by atoms with Crippen LogP contribution in [0.25, 0.3) is 0 Å². The van der Waals surface area contributed by atoms with Crippen LogP contribution >= 0.6 is 11.8 Å². The van der Waals surface area contributed by atoms with E-state index in [4.69, 9.17) is 4.74 Å². The minimum Gasteiger partial charge on any atom is -0.379 e. The normalized spacial score (nSPS) is 16.6. The van der Waals surface area contributed by atoms with Gasteiger partial charge in [-0.3, -0.25) is 9.80 Å². The predicted octanol–water partition coefficient (Wildman–Crippen LogP) is 2.18. The van der Waals surface area contributed by atoms with Gasteiger partial charge in [0.05, 0.1) is 19.3 Å². The molecular formula is C19H31N7OS. The van der Waals surface area contributed by atoms with E-state index in [1.54, 1.807) is 11.8 Å². The van der Waals surface area contributed by atoms with E-state index in [2.05, 4.69) is 55.6 Å². The molecule has 2 aromatic heterocycles. The van der Waals surface area contributed by atoms with Crippen molar-refractivity contribution in [3.8, 4) is 0 Å². The van der Waals surface area contributed by atoms with Crippen LogP contribution < -0.4 is 0 Å². The van der Waals surface area contributed by atoms with Gasteiger partial charge in [-0.05, 0) is 52.2 Å². The molecule has 8 nitrogen and oxygen atoms in total. The third-order valence-corrected chi connectivity index (χ3v) is 5.84. The molecule has 0 amide bonds. The maximum absolute atomic E-state index is 5.47. The third-order valence-electron chi connectivity index (χ3n) is 4.94. The smallest absolute Gasteiger partial charge is 0.197 e.